The van der Waals surface area contributed by atoms with Gasteiger partial charge in [0.1, 0.15) is 5.38 Å². The second-order valence-electron chi connectivity index (χ2n) is 4.40. The van der Waals surface area contributed by atoms with Crippen molar-refractivity contribution in [2.75, 3.05) is 33.2 Å². The van der Waals surface area contributed by atoms with Gasteiger partial charge in [-0.05, 0) is 12.6 Å². The Hall–Kier alpha value is -1.06. The van der Waals surface area contributed by atoms with E-state index in [0.29, 0.717) is 0 Å². The number of likely N-dealkylation sites (N-methyl/N-ethyl adjacent to an activating group) is 1. The minimum atomic E-state index is -0.556. The van der Waals surface area contributed by atoms with Crippen molar-refractivity contribution in [3.05, 3.63) is 35.9 Å². The first-order valence-electron chi connectivity index (χ1n) is 5.85. The number of rotatable bonds is 2. The smallest absolute Gasteiger partial charge is 0.245 e. The van der Waals surface area contributed by atoms with Crippen LogP contribution in [-0.2, 0) is 4.79 Å². The van der Waals surface area contributed by atoms with Crippen LogP contribution < -0.4 is 0 Å². The van der Waals surface area contributed by atoms with Crippen LogP contribution in [0.15, 0.2) is 30.3 Å². The van der Waals surface area contributed by atoms with Gasteiger partial charge in [0.25, 0.3) is 0 Å². The first-order chi connectivity index (χ1) is 8.18. The molecule has 4 heteroatoms. The van der Waals surface area contributed by atoms with Gasteiger partial charge < -0.3 is 9.80 Å². The lowest BCUT2D eigenvalue weighted by molar-refractivity contribution is -0.132. The molecule has 1 fully saturated rings. The Morgan fingerprint density at radius 1 is 1.18 bits per heavy atom. The Labute approximate surface area is 107 Å². The normalized spacial score (nSPS) is 19.1. The zero-order chi connectivity index (χ0) is 12.3. The van der Waals surface area contributed by atoms with Gasteiger partial charge in [-0.2, -0.15) is 0 Å². The number of hydrogen-bond acceptors (Lipinski definition) is 2. The van der Waals surface area contributed by atoms with Crippen LogP contribution in [0, 0.1) is 0 Å². The summed E-state index contributed by atoms with van der Waals surface area (Å²) in [6.45, 7) is 3.38. The maximum absolute atomic E-state index is 12.2. The topological polar surface area (TPSA) is 23.6 Å². The molecule has 0 saturated carbocycles. The van der Waals surface area contributed by atoms with Crippen LogP contribution in [0.3, 0.4) is 0 Å². The summed E-state index contributed by atoms with van der Waals surface area (Å²) in [5, 5.41) is -0.556. The van der Waals surface area contributed by atoms with Crippen molar-refractivity contribution in [1.82, 2.24) is 9.80 Å². The van der Waals surface area contributed by atoms with E-state index in [1.54, 1.807) is 0 Å². The molecule has 3 nitrogen and oxygen atoms in total. The van der Waals surface area contributed by atoms with Gasteiger partial charge in [0.2, 0.25) is 5.91 Å². The maximum atomic E-state index is 12.2. The molecule has 1 aliphatic heterocycles. The van der Waals surface area contributed by atoms with Gasteiger partial charge in [0, 0.05) is 26.2 Å². The standard InChI is InChI=1S/C13H17ClN2O/c1-15-7-9-16(10-8-15)13(17)12(14)11-5-3-2-4-6-11/h2-6,12H,7-10H2,1H3. The molecule has 1 aromatic rings. The van der Waals surface area contributed by atoms with Crippen LogP contribution >= 0.6 is 11.6 Å². The van der Waals surface area contributed by atoms with Crippen LogP contribution in [0.1, 0.15) is 10.9 Å². The van der Waals surface area contributed by atoms with Crippen molar-refractivity contribution in [3.63, 3.8) is 0 Å². The fourth-order valence-electron chi connectivity index (χ4n) is 1.95. The molecule has 1 amide bonds. The predicted octanol–water partition coefficient (Wildman–Crippen LogP) is 1.74. The van der Waals surface area contributed by atoms with E-state index < -0.39 is 5.38 Å². The summed E-state index contributed by atoms with van der Waals surface area (Å²) in [7, 11) is 2.07. The van der Waals surface area contributed by atoms with Crippen molar-refractivity contribution >= 4 is 17.5 Å². The molecule has 1 atom stereocenters. The highest BCUT2D eigenvalue weighted by Gasteiger charge is 2.25. The molecule has 92 valence electrons. The van der Waals surface area contributed by atoms with Crippen molar-refractivity contribution < 1.29 is 4.79 Å². The second kappa shape index (κ2) is 5.52. The molecule has 2 rings (SSSR count). The van der Waals surface area contributed by atoms with Gasteiger partial charge in [-0.15, -0.1) is 11.6 Å². The average molecular weight is 253 g/mol. The zero-order valence-electron chi connectivity index (χ0n) is 9.97. The van der Waals surface area contributed by atoms with Crippen LogP contribution in [-0.4, -0.2) is 48.9 Å². The Balaban J connectivity index is 2.00. The summed E-state index contributed by atoms with van der Waals surface area (Å²) < 4.78 is 0. The summed E-state index contributed by atoms with van der Waals surface area (Å²) >= 11 is 6.22. The van der Waals surface area contributed by atoms with Gasteiger partial charge in [0.05, 0.1) is 0 Å². The second-order valence-corrected chi connectivity index (χ2v) is 4.84. The third-order valence-corrected chi connectivity index (χ3v) is 3.56. The largest absolute Gasteiger partial charge is 0.339 e. The summed E-state index contributed by atoms with van der Waals surface area (Å²) in [4.78, 5) is 16.3. The summed E-state index contributed by atoms with van der Waals surface area (Å²) in [5.74, 6) is 0.0194. The van der Waals surface area contributed by atoms with E-state index in [1.165, 1.54) is 0 Å². The minimum absolute atomic E-state index is 0.0194. The van der Waals surface area contributed by atoms with Gasteiger partial charge in [-0.1, -0.05) is 30.3 Å². The van der Waals surface area contributed by atoms with E-state index in [4.69, 9.17) is 11.6 Å². The summed E-state index contributed by atoms with van der Waals surface area (Å²) in [6, 6.07) is 9.52. The molecule has 1 aromatic carbocycles. The number of piperazine rings is 1. The minimum Gasteiger partial charge on any atom is -0.339 e. The predicted molar refractivity (Wildman–Crippen MR) is 69.1 cm³/mol. The summed E-state index contributed by atoms with van der Waals surface area (Å²) in [6.07, 6.45) is 0. The molecule has 0 bridgehead atoms. The van der Waals surface area contributed by atoms with Crippen LogP contribution in [0.2, 0.25) is 0 Å². The van der Waals surface area contributed by atoms with Gasteiger partial charge in [-0.3, -0.25) is 4.79 Å². The van der Waals surface area contributed by atoms with Gasteiger partial charge in [0.15, 0.2) is 0 Å². The zero-order valence-corrected chi connectivity index (χ0v) is 10.7. The molecular formula is C13H17ClN2O. The fourth-order valence-corrected chi connectivity index (χ4v) is 2.24. The highest BCUT2D eigenvalue weighted by Crippen LogP contribution is 2.23. The van der Waals surface area contributed by atoms with Crippen molar-refractivity contribution in [1.29, 1.82) is 0 Å². The molecule has 1 aliphatic rings. The first-order valence-corrected chi connectivity index (χ1v) is 6.28. The third kappa shape index (κ3) is 2.99. The number of benzene rings is 1. The number of halogens is 1. The van der Waals surface area contributed by atoms with Crippen LogP contribution in [0.5, 0.6) is 0 Å². The van der Waals surface area contributed by atoms with E-state index in [-0.39, 0.29) is 5.91 Å². The average Bonchev–Trinajstić information content (AvgIpc) is 2.39. The lowest BCUT2D eigenvalue weighted by Crippen LogP contribution is -2.48. The molecule has 0 aromatic heterocycles. The first kappa shape index (κ1) is 12.4. The van der Waals surface area contributed by atoms with E-state index in [1.807, 2.05) is 35.2 Å². The number of nitrogens with zero attached hydrogens (tertiary/aromatic N) is 2. The molecule has 0 aliphatic carbocycles. The van der Waals surface area contributed by atoms with Crippen molar-refractivity contribution in [2.45, 2.75) is 5.38 Å². The molecule has 17 heavy (non-hydrogen) atoms. The van der Waals surface area contributed by atoms with E-state index in [2.05, 4.69) is 11.9 Å². The monoisotopic (exact) mass is 252 g/mol. The highest BCUT2D eigenvalue weighted by molar-refractivity contribution is 6.30. The van der Waals surface area contributed by atoms with Crippen LogP contribution in [0.4, 0.5) is 0 Å². The Morgan fingerprint density at radius 3 is 2.35 bits per heavy atom. The number of amides is 1. The lowest BCUT2D eigenvalue weighted by Gasteiger charge is -2.33. The van der Waals surface area contributed by atoms with Crippen molar-refractivity contribution in [3.8, 4) is 0 Å². The SMILES string of the molecule is CN1CCN(C(=O)C(Cl)c2ccccc2)CC1. The lowest BCUT2D eigenvalue weighted by atomic mass is 10.1. The molecule has 1 unspecified atom stereocenters. The maximum Gasteiger partial charge on any atom is 0.245 e. The number of carbonyl (C=O) groups excluding carboxylic acids is 1. The van der Waals surface area contributed by atoms with Crippen LogP contribution in [0.25, 0.3) is 0 Å². The quantitative estimate of drug-likeness (QED) is 0.749. The highest BCUT2D eigenvalue weighted by atomic mass is 35.5. The van der Waals surface area contributed by atoms with E-state index in [0.717, 1.165) is 31.7 Å². The van der Waals surface area contributed by atoms with Gasteiger partial charge in [-0.25, -0.2) is 0 Å². The molecule has 0 radical (unpaired) electrons. The van der Waals surface area contributed by atoms with Gasteiger partial charge >= 0.3 is 0 Å². The molecule has 0 spiro atoms. The van der Waals surface area contributed by atoms with E-state index in [9.17, 15) is 4.79 Å². The Bertz CT molecular complexity index is 374. The molecule has 1 heterocycles. The van der Waals surface area contributed by atoms with Crippen molar-refractivity contribution in [2.24, 2.45) is 0 Å². The molecular weight excluding hydrogens is 236 g/mol. The number of alkyl halides is 1. The molecule has 0 N–H and O–H groups in total. The number of hydrogen-bond donors (Lipinski definition) is 0. The Kier molecular flexibility index (Phi) is 4.02. The third-order valence-electron chi connectivity index (χ3n) is 3.12. The Morgan fingerprint density at radius 2 is 1.76 bits per heavy atom. The number of carbonyl (C=O) groups is 1. The molecule has 1 saturated heterocycles. The van der Waals surface area contributed by atoms with E-state index >= 15 is 0 Å². The fraction of sp³-hybridized carbons (Fsp3) is 0.462. The summed E-state index contributed by atoms with van der Waals surface area (Å²) in [5.41, 5.74) is 0.873.